The molecule has 0 spiro atoms. The first-order chi connectivity index (χ1) is 8.04. The number of hydrogen-bond donors (Lipinski definition) is 3. The Morgan fingerprint density at radius 2 is 2.12 bits per heavy atom. The van der Waals surface area contributed by atoms with Gasteiger partial charge in [-0.15, -0.1) is 0 Å². The number of nitrogens with two attached hydrogens (primary N) is 1. The summed E-state index contributed by atoms with van der Waals surface area (Å²) in [5.41, 5.74) is 7.68. The van der Waals surface area contributed by atoms with Gasteiger partial charge in [0, 0.05) is 12.1 Å². The van der Waals surface area contributed by atoms with Crippen molar-refractivity contribution in [1.29, 1.82) is 10.7 Å². The molecule has 17 heavy (non-hydrogen) atoms. The van der Waals surface area contributed by atoms with E-state index >= 15 is 0 Å². The van der Waals surface area contributed by atoms with Crippen molar-refractivity contribution in [2.75, 3.05) is 5.43 Å². The summed E-state index contributed by atoms with van der Waals surface area (Å²) < 4.78 is 0. The number of nitriles is 1. The van der Waals surface area contributed by atoms with Gasteiger partial charge in [-0.2, -0.15) is 10.4 Å². The minimum atomic E-state index is -0.524. The van der Waals surface area contributed by atoms with Gasteiger partial charge in [-0.05, 0) is 12.1 Å². The number of benzene rings is 1. The molecule has 0 aliphatic carbocycles. The molecular formula is C9H8N6O2. The van der Waals surface area contributed by atoms with E-state index in [1.165, 1.54) is 24.3 Å². The van der Waals surface area contributed by atoms with Crippen LogP contribution in [0.4, 0.5) is 11.4 Å². The summed E-state index contributed by atoms with van der Waals surface area (Å²) in [6.07, 6.45) is 0. The van der Waals surface area contributed by atoms with Gasteiger partial charge in [-0.1, -0.05) is 0 Å². The SMILES string of the molecule is N#C/C(=N\Nc1ccc([N+](=O)[O-])cc1)C(=N)N. The Bertz CT molecular complexity index is 513. The molecule has 0 aromatic heterocycles. The smallest absolute Gasteiger partial charge is 0.269 e. The molecule has 0 aliphatic heterocycles. The molecule has 0 unspecified atom stereocenters. The van der Waals surface area contributed by atoms with Crippen molar-refractivity contribution >= 4 is 22.9 Å². The van der Waals surface area contributed by atoms with Crippen LogP contribution in [0.25, 0.3) is 0 Å². The van der Waals surface area contributed by atoms with E-state index in [0.29, 0.717) is 5.69 Å². The van der Waals surface area contributed by atoms with Crippen molar-refractivity contribution < 1.29 is 4.92 Å². The van der Waals surface area contributed by atoms with Crippen LogP contribution in [0.3, 0.4) is 0 Å². The third-order valence-electron chi connectivity index (χ3n) is 1.74. The topological polar surface area (TPSA) is 141 Å². The number of nitrogens with one attached hydrogen (secondary N) is 2. The van der Waals surface area contributed by atoms with Crippen LogP contribution in [0.1, 0.15) is 0 Å². The second kappa shape index (κ2) is 5.22. The Balaban J connectivity index is 2.80. The van der Waals surface area contributed by atoms with Crippen molar-refractivity contribution in [2.24, 2.45) is 10.8 Å². The number of nitro groups is 1. The Morgan fingerprint density at radius 1 is 1.53 bits per heavy atom. The monoisotopic (exact) mass is 232 g/mol. The number of nitro benzene ring substituents is 1. The highest BCUT2D eigenvalue weighted by Crippen LogP contribution is 2.15. The number of rotatable bonds is 4. The van der Waals surface area contributed by atoms with Crippen LogP contribution < -0.4 is 11.2 Å². The van der Waals surface area contributed by atoms with Gasteiger partial charge in [0.1, 0.15) is 6.07 Å². The zero-order valence-electron chi connectivity index (χ0n) is 8.54. The van der Waals surface area contributed by atoms with Gasteiger partial charge in [0.15, 0.2) is 5.84 Å². The van der Waals surface area contributed by atoms with Crippen molar-refractivity contribution in [3.05, 3.63) is 34.4 Å². The maximum atomic E-state index is 10.4. The van der Waals surface area contributed by atoms with Crippen LogP contribution >= 0.6 is 0 Å². The highest BCUT2D eigenvalue weighted by Gasteiger charge is 2.04. The molecule has 0 saturated carbocycles. The summed E-state index contributed by atoms with van der Waals surface area (Å²) in [4.78, 5) is 9.86. The number of hydrogen-bond acceptors (Lipinski definition) is 6. The first-order valence-corrected chi connectivity index (χ1v) is 4.37. The molecule has 0 bridgehead atoms. The Kier molecular flexibility index (Phi) is 3.72. The summed E-state index contributed by atoms with van der Waals surface area (Å²) >= 11 is 0. The fourth-order valence-electron chi connectivity index (χ4n) is 0.924. The molecule has 0 aliphatic rings. The second-order valence-electron chi connectivity index (χ2n) is 2.90. The van der Waals surface area contributed by atoms with E-state index in [4.69, 9.17) is 16.4 Å². The molecule has 0 radical (unpaired) electrons. The summed E-state index contributed by atoms with van der Waals surface area (Å²) in [6.45, 7) is 0. The van der Waals surface area contributed by atoms with Gasteiger partial charge < -0.3 is 5.73 Å². The highest BCUT2D eigenvalue weighted by molar-refractivity contribution is 6.45. The summed E-state index contributed by atoms with van der Waals surface area (Å²) in [6, 6.07) is 7.06. The predicted octanol–water partition coefficient (Wildman–Crippen LogP) is 0.822. The zero-order valence-corrected chi connectivity index (χ0v) is 8.54. The molecule has 1 rings (SSSR count). The van der Waals surface area contributed by atoms with Gasteiger partial charge in [0.2, 0.25) is 5.71 Å². The van der Waals surface area contributed by atoms with Gasteiger partial charge >= 0.3 is 0 Å². The Labute approximate surface area is 96.0 Å². The Morgan fingerprint density at radius 3 is 2.53 bits per heavy atom. The van der Waals surface area contributed by atoms with Gasteiger partial charge in [0.05, 0.1) is 10.6 Å². The largest absolute Gasteiger partial charge is 0.382 e. The fourth-order valence-corrected chi connectivity index (χ4v) is 0.924. The molecule has 1 aromatic rings. The Hall–Kier alpha value is -2.95. The maximum Gasteiger partial charge on any atom is 0.269 e. The number of non-ortho nitro benzene ring substituents is 1. The van der Waals surface area contributed by atoms with Crippen LogP contribution in [-0.4, -0.2) is 16.5 Å². The molecule has 8 heteroatoms. The first kappa shape index (κ1) is 12.1. The van der Waals surface area contributed by atoms with Crippen LogP contribution in [0, 0.1) is 26.9 Å². The first-order valence-electron chi connectivity index (χ1n) is 4.37. The normalized spacial score (nSPS) is 10.4. The molecular weight excluding hydrogens is 224 g/mol. The van der Waals surface area contributed by atoms with E-state index in [0.717, 1.165) is 0 Å². The lowest BCUT2D eigenvalue weighted by Gasteiger charge is -2.00. The van der Waals surface area contributed by atoms with Gasteiger partial charge in [-0.25, -0.2) is 0 Å². The van der Waals surface area contributed by atoms with Gasteiger partial charge in [-0.3, -0.25) is 20.9 Å². The van der Waals surface area contributed by atoms with Crippen molar-refractivity contribution in [3.63, 3.8) is 0 Å². The van der Waals surface area contributed by atoms with E-state index < -0.39 is 10.8 Å². The standard InChI is InChI=1S/C9H8N6O2/c10-5-8(9(11)12)14-13-6-1-3-7(4-2-6)15(16)17/h1-4,13H,(H3,11,12)/b14-8+. The fraction of sp³-hybridized carbons (Fsp3) is 0. The second-order valence-corrected chi connectivity index (χ2v) is 2.90. The van der Waals surface area contributed by atoms with E-state index in [9.17, 15) is 10.1 Å². The summed E-state index contributed by atoms with van der Waals surface area (Å²) in [5, 5.41) is 29.5. The quantitative estimate of drug-likeness (QED) is 0.305. The van der Waals surface area contributed by atoms with Crippen LogP contribution in [-0.2, 0) is 0 Å². The number of anilines is 1. The molecule has 0 heterocycles. The molecule has 0 fully saturated rings. The zero-order chi connectivity index (χ0) is 12.8. The van der Waals surface area contributed by atoms with Crippen LogP contribution in [0.2, 0.25) is 0 Å². The van der Waals surface area contributed by atoms with E-state index in [-0.39, 0.29) is 11.4 Å². The van der Waals surface area contributed by atoms with Gasteiger partial charge in [0.25, 0.3) is 5.69 Å². The summed E-state index contributed by atoms with van der Waals surface area (Å²) in [7, 11) is 0. The maximum absolute atomic E-state index is 10.4. The number of nitrogens with zero attached hydrogens (tertiary/aromatic N) is 3. The average molecular weight is 232 g/mol. The molecule has 0 saturated heterocycles. The van der Waals surface area contributed by atoms with Crippen molar-refractivity contribution in [3.8, 4) is 6.07 Å². The lowest BCUT2D eigenvalue weighted by Crippen LogP contribution is -2.21. The van der Waals surface area contributed by atoms with Crippen molar-refractivity contribution in [2.45, 2.75) is 0 Å². The average Bonchev–Trinajstić information content (AvgIpc) is 2.30. The van der Waals surface area contributed by atoms with E-state index in [1.54, 1.807) is 6.07 Å². The third-order valence-corrected chi connectivity index (χ3v) is 1.74. The highest BCUT2D eigenvalue weighted by atomic mass is 16.6. The molecule has 0 amide bonds. The molecule has 1 aromatic carbocycles. The number of hydrazone groups is 1. The van der Waals surface area contributed by atoms with Crippen LogP contribution in [0.15, 0.2) is 29.4 Å². The third kappa shape index (κ3) is 3.28. The molecule has 0 atom stereocenters. The molecule has 4 N–H and O–H groups in total. The lowest BCUT2D eigenvalue weighted by molar-refractivity contribution is -0.384. The molecule has 8 nitrogen and oxygen atoms in total. The van der Waals surface area contributed by atoms with Crippen LogP contribution in [0.5, 0.6) is 0 Å². The number of amidine groups is 1. The molecule has 86 valence electrons. The van der Waals surface area contributed by atoms with E-state index in [2.05, 4.69) is 10.5 Å². The van der Waals surface area contributed by atoms with Crippen molar-refractivity contribution in [1.82, 2.24) is 0 Å². The minimum Gasteiger partial charge on any atom is -0.382 e. The van der Waals surface area contributed by atoms with E-state index in [1.807, 2.05) is 0 Å². The predicted molar refractivity (Wildman–Crippen MR) is 61.7 cm³/mol. The summed E-state index contributed by atoms with van der Waals surface area (Å²) in [5.74, 6) is -0.457. The minimum absolute atomic E-state index is 0.0494. The lowest BCUT2D eigenvalue weighted by atomic mass is 10.3.